The van der Waals surface area contributed by atoms with Gasteiger partial charge in [-0.05, 0) is 240 Å². The summed E-state index contributed by atoms with van der Waals surface area (Å²) in [5, 5.41) is 2.41. The topological polar surface area (TPSA) is 69.4 Å². The van der Waals surface area contributed by atoms with Gasteiger partial charge in [0, 0.05) is 51.3 Å². The van der Waals surface area contributed by atoms with Gasteiger partial charge in [-0.25, -0.2) is 24.9 Å². The van der Waals surface area contributed by atoms with Gasteiger partial charge in [-0.15, -0.1) is 0 Å². The molecule has 3 heterocycles. The van der Waals surface area contributed by atoms with E-state index in [1.165, 1.54) is 49.7 Å². The van der Waals surface area contributed by atoms with Gasteiger partial charge in [0.05, 0.1) is 28.1 Å². The first-order chi connectivity index (χ1) is 36.7. The minimum atomic E-state index is -0.0883. The second-order valence-corrected chi connectivity index (χ2v) is 25.9. The van der Waals surface area contributed by atoms with Gasteiger partial charge in [0.25, 0.3) is 0 Å². The van der Waals surface area contributed by atoms with E-state index in [1.54, 1.807) is 0 Å². The first kappa shape index (κ1) is 54.3. The van der Waals surface area contributed by atoms with Crippen molar-refractivity contribution >= 4 is 67.0 Å². The number of hydrogen-bond donors (Lipinski definition) is 0. The van der Waals surface area contributed by atoms with Crippen molar-refractivity contribution in [1.29, 1.82) is 0 Å². The summed E-state index contributed by atoms with van der Waals surface area (Å²) < 4.78 is 4.73. The monoisotopic (exact) mass is 1240 g/mol. The number of benzene rings is 7. The Morgan fingerprint density at radius 3 is 1.47 bits per heavy atom. The number of halogens is 2. The minimum Gasteiger partial charge on any atom is -0.309 e. The Morgan fingerprint density at radius 1 is 0.403 bits per heavy atom. The van der Waals surface area contributed by atoms with E-state index in [1.807, 2.05) is 0 Å². The largest absolute Gasteiger partial charge is 0.309 e. The fourth-order valence-electron chi connectivity index (χ4n) is 10.5. The maximum atomic E-state index is 5.60. The van der Waals surface area contributed by atoms with Crippen molar-refractivity contribution < 1.29 is 0 Å². The molecule has 390 valence electrons. The van der Waals surface area contributed by atoms with Crippen LogP contribution >= 0.6 is 45.2 Å². The van der Waals surface area contributed by atoms with Gasteiger partial charge in [-0.2, -0.15) is 0 Å². The van der Waals surface area contributed by atoms with E-state index >= 15 is 0 Å². The predicted octanol–water partition coefficient (Wildman–Crippen LogP) is 19.5. The van der Waals surface area contributed by atoms with E-state index in [0.29, 0.717) is 23.3 Å². The van der Waals surface area contributed by atoms with Crippen molar-refractivity contribution in [2.75, 3.05) is 0 Å². The summed E-state index contributed by atoms with van der Waals surface area (Å²) in [5.74, 6) is 2.57. The maximum absolute atomic E-state index is 5.60. The first-order valence-corrected chi connectivity index (χ1v) is 29.5. The van der Waals surface area contributed by atoms with E-state index in [-0.39, 0.29) is 10.8 Å². The first-order valence-electron chi connectivity index (χ1n) is 27.4. The molecule has 8 heteroatoms. The molecule has 0 atom stereocenters. The third-order valence-corrected chi connectivity index (χ3v) is 16.0. The average molecular weight is 1240 g/mol. The van der Waals surface area contributed by atoms with Crippen LogP contribution in [-0.4, -0.2) is 29.5 Å². The van der Waals surface area contributed by atoms with Gasteiger partial charge < -0.3 is 4.57 Å². The molecule has 0 radical (unpaired) electrons. The minimum absolute atomic E-state index is 0.0664. The predicted molar refractivity (Wildman–Crippen MR) is 341 cm³/mol. The Bertz CT molecular complexity index is 3810. The molecule has 10 aromatic rings. The Hall–Kier alpha value is -6.11. The second-order valence-electron chi connectivity index (χ2n) is 23.5. The van der Waals surface area contributed by atoms with Crippen LogP contribution in [0.5, 0.6) is 0 Å². The molecule has 0 unspecified atom stereocenters. The molecule has 3 aromatic heterocycles. The summed E-state index contributed by atoms with van der Waals surface area (Å²) in [6.07, 6.45) is 6.46. The zero-order valence-corrected chi connectivity index (χ0v) is 51.2. The Morgan fingerprint density at radius 2 is 0.883 bits per heavy atom. The molecule has 0 aliphatic heterocycles. The van der Waals surface area contributed by atoms with E-state index in [4.69, 9.17) is 24.9 Å². The normalized spacial score (nSPS) is 12.1. The average Bonchev–Trinajstić information content (AvgIpc) is 3.76. The standard InChI is InChI=1S/C69H70I2N6/c1-13-15-17-45-31-50(36-53(33-45)69(10,11)12)64-72-59(40-60(73-64)48-25-44(6)28-54(70)37-48)47-21-24-63(77-61-22-19-41(3)29-56(61)57-30-42(4)20-23-62(57)77)58(39-47)67-75-65(49-26-43(5)27-52(35-49)68(7,8)9)74-66(76-67)51-32-46(18-16-14-2)34-55(71)38-51/h19-40H,13-18H2,1-12H3. The van der Waals surface area contributed by atoms with E-state index < -0.39 is 0 Å². The smallest absolute Gasteiger partial charge is 0.166 e. The van der Waals surface area contributed by atoms with Gasteiger partial charge in [0.2, 0.25) is 0 Å². The summed E-state index contributed by atoms with van der Waals surface area (Å²) in [6.45, 7) is 26.9. The quantitative estimate of drug-likeness (QED) is 0.108. The second kappa shape index (κ2) is 22.0. The van der Waals surface area contributed by atoms with Crippen LogP contribution in [0.15, 0.2) is 133 Å². The lowest BCUT2D eigenvalue weighted by atomic mass is 9.84. The van der Waals surface area contributed by atoms with Gasteiger partial charge in [0.1, 0.15) is 0 Å². The third kappa shape index (κ3) is 11.8. The molecular weight excluding hydrogens is 1170 g/mol. The van der Waals surface area contributed by atoms with Crippen molar-refractivity contribution in [2.45, 2.75) is 132 Å². The highest BCUT2D eigenvalue weighted by Gasteiger charge is 2.24. The number of hydrogen-bond acceptors (Lipinski definition) is 5. The van der Waals surface area contributed by atoms with Crippen LogP contribution in [0.3, 0.4) is 0 Å². The molecule has 77 heavy (non-hydrogen) atoms. The molecule has 0 fully saturated rings. The molecule has 0 bridgehead atoms. The number of fused-ring (bicyclic) bond motifs is 3. The lowest BCUT2D eigenvalue weighted by Crippen LogP contribution is -2.12. The number of aryl methyl sites for hydroxylation is 6. The highest BCUT2D eigenvalue weighted by molar-refractivity contribution is 14.1. The van der Waals surface area contributed by atoms with Gasteiger partial charge in [-0.1, -0.05) is 115 Å². The zero-order chi connectivity index (χ0) is 54.5. The number of aromatic nitrogens is 6. The molecule has 6 nitrogen and oxygen atoms in total. The molecule has 7 aromatic carbocycles. The van der Waals surface area contributed by atoms with E-state index in [9.17, 15) is 0 Å². The fourth-order valence-corrected chi connectivity index (χ4v) is 12.1. The lowest BCUT2D eigenvalue weighted by molar-refractivity contribution is 0.589. The van der Waals surface area contributed by atoms with Gasteiger partial charge in [-0.3, -0.25) is 0 Å². The van der Waals surface area contributed by atoms with Crippen LogP contribution in [0, 0.1) is 34.8 Å². The molecular formula is C69H70I2N6. The summed E-state index contributed by atoms with van der Waals surface area (Å²) in [5.41, 5.74) is 20.5. The van der Waals surface area contributed by atoms with Crippen LogP contribution in [0.2, 0.25) is 0 Å². The van der Waals surface area contributed by atoms with Crippen LogP contribution in [0.1, 0.15) is 126 Å². The number of nitrogens with zero attached hydrogens (tertiary/aromatic N) is 6. The third-order valence-electron chi connectivity index (χ3n) is 14.7. The lowest BCUT2D eigenvalue weighted by Gasteiger charge is -2.21. The van der Waals surface area contributed by atoms with Gasteiger partial charge in [0.15, 0.2) is 23.3 Å². The fraction of sp³-hybridized carbons (Fsp3) is 0.290. The number of unbranched alkanes of at least 4 members (excludes halogenated alkanes) is 2. The van der Waals surface area contributed by atoms with Crippen molar-refractivity contribution in [1.82, 2.24) is 29.5 Å². The van der Waals surface area contributed by atoms with E-state index in [0.717, 1.165) is 113 Å². The zero-order valence-electron chi connectivity index (χ0n) is 46.9. The maximum Gasteiger partial charge on any atom is 0.166 e. The SMILES string of the molecule is CCCCc1cc(I)cc(-c2nc(-c3cc(C)cc(C(C)(C)C)c3)nc(-c3cc(-c4cc(-c5cc(C)cc(I)c5)nc(-c5cc(CCCC)cc(C(C)(C)C)c5)n4)ccc3-n3c4ccc(C)cc4c4cc(C)ccc43)n2)c1. The Labute approximate surface area is 484 Å². The van der Waals surface area contributed by atoms with Crippen molar-refractivity contribution in [3.8, 4) is 73.8 Å². The molecule has 0 spiro atoms. The van der Waals surface area contributed by atoms with Crippen molar-refractivity contribution in [3.63, 3.8) is 0 Å². The highest BCUT2D eigenvalue weighted by atomic mass is 127. The summed E-state index contributed by atoms with van der Waals surface area (Å²) >= 11 is 4.88. The molecule has 0 aliphatic carbocycles. The van der Waals surface area contributed by atoms with Crippen molar-refractivity contribution in [2.24, 2.45) is 0 Å². The summed E-state index contributed by atoms with van der Waals surface area (Å²) in [7, 11) is 0. The molecule has 0 aliphatic rings. The van der Waals surface area contributed by atoms with Gasteiger partial charge >= 0.3 is 0 Å². The van der Waals surface area contributed by atoms with Crippen molar-refractivity contribution in [3.05, 3.63) is 185 Å². The van der Waals surface area contributed by atoms with Crippen LogP contribution in [0.25, 0.3) is 95.6 Å². The van der Waals surface area contributed by atoms with Crippen LogP contribution in [-0.2, 0) is 23.7 Å². The number of rotatable bonds is 13. The summed E-state index contributed by atoms with van der Waals surface area (Å²) in [4.78, 5) is 27.6. The molecule has 0 amide bonds. The molecule has 0 saturated carbocycles. The highest BCUT2D eigenvalue weighted by Crippen LogP contribution is 2.41. The van der Waals surface area contributed by atoms with E-state index in [2.05, 4.69) is 266 Å². The molecule has 10 rings (SSSR count). The van der Waals surface area contributed by atoms with Crippen LogP contribution < -0.4 is 0 Å². The Balaban J connectivity index is 1.30. The van der Waals surface area contributed by atoms with Crippen LogP contribution in [0.4, 0.5) is 0 Å². The Kier molecular flexibility index (Phi) is 15.5. The summed E-state index contributed by atoms with van der Waals surface area (Å²) in [6, 6.07) is 49.7. The molecule has 0 N–H and O–H groups in total. The molecule has 0 saturated heterocycles.